The number of nitrogens with one attached hydrogen (secondary N) is 1. The van der Waals surface area contributed by atoms with Crippen molar-refractivity contribution in [1.29, 1.82) is 0 Å². The average molecular weight is 338 g/mol. The van der Waals surface area contributed by atoms with Crippen molar-refractivity contribution in [2.24, 2.45) is 0 Å². The van der Waals surface area contributed by atoms with E-state index in [1.165, 1.54) is 0 Å². The number of nitrogens with zero attached hydrogens (tertiary/aromatic N) is 2. The molecular formula is C14H16BrN3O2. The number of halogens is 1. The van der Waals surface area contributed by atoms with Crippen LogP contribution in [-0.2, 0) is 6.54 Å². The van der Waals surface area contributed by atoms with Crippen LogP contribution < -0.4 is 5.32 Å². The summed E-state index contributed by atoms with van der Waals surface area (Å²) >= 11 is 3.48. The summed E-state index contributed by atoms with van der Waals surface area (Å²) < 4.78 is 8.36. The molecule has 20 heavy (non-hydrogen) atoms. The third-order valence-corrected chi connectivity index (χ3v) is 4.04. The number of amides is 1. The lowest BCUT2D eigenvalue weighted by atomic mass is 10.4. The van der Waals surface area contributed by atoms with Crippen LogP contribution in [0.15, 0.2) is 33.7 Å². The van der Waals surface area contributed by atoms with Crippen molar-refractivity contribution in [3.8, 4) is 0 Å². The van der Waals surface area contributed by atoms with Crippen LogP contribution in [0.4, 0.5) is 0 Å². The summed E-state index contributed by atoms with van der Waals surface area (Å²) in [6.07, 6.45) is 1.62. The molecule has 0 aromatic carbocycles. The van der Waals surface area contributed by atoms with Gasteiger partial charge >= 0.3 is 0 Å². The summed E-state index contributed by atoms with van der Waals surface area (Å²) in [4.78, 5) is 11.7. The third kappa shape index (κ3) is 3.01. The Morgan fingerprint density at radius 3 is 2.90 bits per heavy atom. The Morgan fingerprint density at radius 1 is 1.55 bits per heavy atom. The van der Waals surface area contributed by atoms with E-state index in [1.54, 1.807) is 18.2 Å². The zero-order valence-corrected chi connectivity index (χ0v) is 13.0. The Labute approximate surface area is 125 Å². The van der Waals surface area contributed by atoms with Gasteiger partial charge in [-0.1, -0.05) is 6.08 Å². The van der Waals surface area contributed by atoms with Crippen LogP contribution in [0.25, 0.3) is 0 Å². The Bertz CT molecular complexity index is 643. The number of carbonyl (C=O) groups is 1. The van der Waals surface area contributed by atoms with E-state index in [9.17, 15) is 4.79 Å². The molecule has 0 aliphatic rings. The minimum atomic E-state index is -0.245. The fourth-order valence-electron chi connectivity index (χ4n) is 1.81. The molecule has 2 aromatic heterocycles. The molecule has 5 nitrogen and oxygen atoms in total. The Balaban J connectivity index is 2.11. The number of carbonyl (C=O) groups excluding carboxylic acids is 1. The van der Waals surface area contributed by atoms with Gasteiger partial charge in [-0.2, -0.15) is 5.10 Å². The number of aromatic nitrogens is 2. The molecule has 1 N–H and O–H groups in total. The maximum atomic E-state index is 11.7. The van der Waals surface area contributed by atoms with Crippen LogP contribution in [0.3, 0.4) is 0 Å². The zero-order chi connectivity index (χ0) is 14.7. The minimum absolute atomic E-state index is 0.245. The van der Waals surface area contributed by atoms with Crippen molar-refractivity contribution in [2.45, 2.75) is 20.4 Å². The summed E-state index contributed by atoms with van der Waals surface area (Å²) in [5.74, 6) is 0.736. The SMILES string of the molecule is C=CCNC(=O)c1ccc(Cn2nc(C)c(Br)c2C)o1. The highest BCUT2D eigenvalue weighted by Gasteiger charge is 2.13. The summed E-state index contributed by atoms with van der Waals surface area (Å²) in [6.45, 7) is 8.37. The topological polar surface area (TPSA) is 60.1 Å². The normalized spacial score (nSPS) is 10.6. The molecular weight excluding hydrogens is 322 g/mol. The predicted molar refractivity (Wildman–Crippen MR) is 79.7 cm³/mol. The van der Waals surface area contributed by atoms with Crippen LogP contribution in [0.1, 0.15) is 27.7 Å². The highest BCUT2D eigenvalue weighted by Crippen LogP contribution is 2.21. The molecule has 0 aliphatic heterocycles. The van der Waals surface area contributed by atoms with Gasteiger partial charge in [0.25, 0.3) is 5.91 Å². The van der Waals surface area contributed by atoms with Crippen molar-refractivity contribution in [3.63, 3.8) is 0 Å². The first kappa shape index (κ1) is 14.6. The fourth-order valence-corrected chi connectivity index (χ4v) is 2.10. The predicted octanol–water partition coefficient (Wildman–Crippen LogP) is 2.82. The van der Waals surface area contributed by atoms with Gasteiger partial charge in [-0.25, -0.2) is 0 Å². The molecule has 0 fully saturated rings. The van der Waals surface area contributed by atoms with E-state index in [0.29, 0.717) is 24.6 Å². The van der Waals surface area contributed by atoms with E-state index in [2.05, 4.69) is 32.9 Å². The van der Waals surface area contributed by atoms with Crippen molar-refractivity contribution in [1.82, 2.24) is 15.1 Å². The van der Waals surface area contributed by atoms with E-state index in [1.807, 2.05) is 18.5 Å². The molecule has 106 valence electrons. The van der Waals surface area contributed by atoms with Crippen LogP contribution in [0.5, 0.6) is 0 Å². The number of aryl methyl sites for hydroxylation is 1. The van der Waals surface area contributed by atoms with E-state index in [-0.39, 0.29) is 5.91 Å². The van der Waals surface area contributed by atoms with E-state index in [4.69, 9.17) is 4.42 Å². The lowest BCUT2D eigenvalue weighted by Gasteiger charge is -2.02. The molecule has 0 aliphatic carbocycles. The quantitative estimate of drug-likeness (QED) is 0.853. The van der Waals surface area contributed by atoms with Gasteiger partial charge in [0.05, 0.1) is 22.4 Å². The number of hydrogen-bond acceptors (Lipinski definition) is 3. The summed E-state index contributed by atoms with van der Waals surface area (Å²) in [7, 11) is 0. The van der Waals surface area contributed by atoms with Crippen molar-refractivity contribution < 1.29 is 9.21 Å². The largest absolute Gasteiger partial charge is 0.454 e. The number of furan rings is 1. The molecule has 0 bridgehead atoms. The molecule has 0 unspecified atom stereocenters. The van der Waals surface area contributed by atoms with Crippen LogP contribution in [-0.4, -0.2) is 22.2 Å². The zero-order valence-electron chi connectivity index (χ0n) is 11.4. The van der Waals surface area contributed by atoms with Crippen molar-refractivity contribution >= 4 is 21.8 Å². The van der Waals surface area contributed by atoms with Gasteiger partial charge in [0.2, 0.25) is 0 Å². The molecule has 2 heterocycles. The monoisotopic (exact) mass is 337 g/mol. The van der Waals surface area contributed by atoms with Gasteiger partial charge in [-0.15, -0.1) is 6.58 Å². The van der Waals surface area contributed by atoms with Gasteiger partial charge in [-0.05, 0) is 41.9 Å². The molecule has 0 atom stereocenters. The second-order valence-corrected chi connectivity index (χ2v) is 5.20. The molecule has 1 amide bonds. The van der Waals surface area contributed by atoms with Gasteiger partial charge < -0.3 is 9.73 Å². The Kier molecular flexibility index (Phi) is 4.44. The third-order valence-electron chi connectivity index (χ3n) is 2.89. The molecule has 2 rings (SSSR count). The molecule has 0 radical (unpaired) electrons. The van der Waals surface area contributed by atoms with Crippen LogP contribution >= 0.6 is 15.9 Å². The van der Waals surface area contributed by atoms with Crippen LogP contribution in [0.2, 0.25) is 0 Å². The fraction of sp³-hybridized carbons (Fsp3) is 0.286. The summed E-state index contributed by atoms with van der Waals surface area (Å²) in [6, 6.07) is 3.45. The van der Waals surface area contributed by atoms with Crippen molar-refractivity contribution in [2.75, 3.05) is 6.54 Å². The number of rotatable bonds is 5. The van der Waals surface area contributed by atoms with Gasteiger partial charge in [0.1, 0.15) is 5.76 Å². The van der Waals surface area contributed by atoms with Crippen molar-refractivity contribution in [3.05, 3.63) is 52.2 Å². The van der Waals surface area contributed by atoms with E-state index >= 15 is 0 Å². The van der Waals surface area contributed by atoms with Gasteiger partial charge in [-0.3, -0.25) is 9.48 Å². The number of hydrogen-bond donors (Lipinski definition) is 1. The maximum absolute atomic E-state index is 11.7. The smallest absolute Gasteiger partial charge is 0.287 e. The molecule has 0 saturated carbocycles. The maximum Gasteiger partial charge on any atom is 0.287 e. The molecule has 2 aromatic rings. The van der Waals surface area contributed by atoms with Crippen LogP contribution in [0, 0.1) is 13.8 Å². The first-order valence-electron chi connectivity index (χ1n) is 6.20. The molecule has 0 spiro atoms. The minimum Gasteiger partial charge on any atom is -0.454 e. The molecule has 6 heteroatoms. The van der Waals surface area contributed by atoms with E-state index < -0.39 is 0 Å². The second kappa shape index (κ2) is 6.09. The summed E-state index contributed by atoms with van der Waals surface area (Å²) in [5, 5.41) is 7.07. The highest BCUT2D eigenvalue weighted by molar-refractivity contribution is 9.10. The second-order valence-electron chi connectivity index (χ2n) is 4.41. The van der Waals surface area contributed by atoms with Gasteiger partial charge in [0.15, 0.2) is 5.76 Å². The highest BCUT2D eigenvalue weighted by atomic mass is 79.9. The average Bonchev–Trinajstić information content (AvgIpc) is 2.98. The Morgan fingerprint density at radius 2 is 2.30 bits per heavy atom. The standard InChI is InChI=1S/C14H16BrN3O2/c1-4-7-16-14(19)12-6-5-11(20-12)8-18-10(3)13(15)9(2)17-18/h4-6H,1,7-8H2,2-3H3,(H,16,19). The Hall–Kier alpha value is -1.82. The lowest BCUT2D eigenvalue weighted by molar-refractivity contribution is 0.0928. The lowest BCUT2D eigenvalue weighted by Crippen LogP contribution is -2.22. The first-order valence-corrected chi connectivity index (χ1v) is 6.99. The van der Waals surface area contributed by atoms with E-state index in [0.717, 1.165) is 15.9 Å². The summed E-state index contributed by atoms with van der Waals surface area (Å²) in [5.41, 5.74) is 1.95. The molecule has 0 saturated heterocycles. The van der Waals surface area contributed by atoms with Gasteiger partial charge in [0, 0.05) is 6.54 Å². The first-order chi connectivity index (χ1) is 9.52.